The first-order chi connectivity index (χ1) is 23.0. The Bertz CT molecular complexity index is 2070. The number of nitrogens with zero attached hydrogens (tertiary/aromatic N) is 7. The molecule has 0 radical (unpaired) electrons. The van der Waals surface area contributed by atoms with Crippen LogP contribution in [0, 0.1) is 5.41 Å². The molecule has 2 atom stereocenters. The van der Waals surface area contributed by atoms with Gasteiger partial charge >= 0.3 is 6.09 Å². The molecule has 48 heavy (non-hydrogen) atoms. The average Bonchev–Trinajstić information content (AvgIpc) is 3.61. The minimum Gasteiger partial charge on any atom is -0.465 e. The summed E-state index contributed by atoms with van der Waals surface area (Å²) in [5, 5.41) is 17.4. The predicted molar refractivity (Wildman–Crippen MR) is 181 cm³/mol. The van der Waals surface area contributed by atoms with Gasteiger partial charge in [0.25, 0.3) is 11.5 Å². The molecular formula is C35H39N9O4. The van der Waals surface area contributed by atoms with E-state index in [0.29, 0.717) is 55.2 Å². The Kier molecular flexibility index (Phi) is 7.77. The number of aromatic nitrogens is 6. The van der Waals surface area contributed by atoms with Crippen molar-refractivity contribution in [3.63, 3.8) is 0 Å². The number of hydrogen-bond acceptors (Lipinski definition) is 7. The summed E-state index contributed by atoms with van der Waals surface area (Å²) in [6.45, 7) is 7.27. The first-order valence-corrected chi connectivity index (χ1v) is 16.3. The molecule has 2 aliphatic rings. The lowest BCUT2D eigenvalue weighted by Crippen LogP contribution is -2.51. The van der Waals surface area contributed by atoms with E-state index in [1.165, 1.54) is 11.0 Å². The molecule has 0 aliphatic carbocycles. The molecule has 13 heteroatoms. The number of rotatable bonds is 5. The van der Waals surface area contributed by atoms with Gasteiger partial charge in [-0.2, -0.15) is 9.78 Å². The van der Waals surface area contributed by atoms with Crippen molar-refractivity contribution in [1.82, 2.24) is 33.8 Å². The van der Waals surface area contributed by atoms with Gasteiger partial charge in [-0.3, -0.25) is 14.3 Å². The highest BCUT2D eigenvalue weighted by Crippen LogP contribution is 2.42. The fraction of sp³-hybridized carbons (Fsp3) is 0.371. The molecule has 0 bridgehead atoms. The zero-order chi connectivity index (χ0) is 33.7. The summed E-state index contributed by atoms with van der Waals surface area (Å²) in [4.78, 5) is 49.5. The van der Waals surface area contributed by atoms with Gasteiger partial charge in [0.2, 0.25) is 0 Å². The summed E-state index contributed by atoms with van der Waals surface area (Å²) in [6.07, 6.45) is 5.93. The number of nitrogens with one attached hydrogen (secondary N) is 1. The third-order valence-corrected chi connectivity index (χ3v) is 9.70. The number of nitrogen functional groups attached to an aromatic ring is 1. The van der Waals surface area contributed by atoms with E-state index >= 15 is 0 Å². The van der Waals surface area contributed by atoms with Crippen LogP contribution in [0.25, 0.3) is 22.5 Å². The van der Waals surface area contributed by atoms with Crippen LogP contribution in [0.1, 0.15) is 74.1 Å². The van der Waals surface area contributed by atoms with Gasteiger partial charge in [-0.1, -0.05) is 39.0 Å². The molecule has 6 heterocycles. The molecule has 1 fully saturated rings. The van der Waals surface area contributed by atoms with E-state index in [9.17, 15) is 19.5 Å². The summed E-state index contributed by atoms with van der Waals surface area (Å²) in [6, 6.07) is 14.7. The van der Waals surface area contributed by atoms with Crippen molar-refractivity contribution in [3.8, 4) is 16.9 Å². The smallest absolute Gasteiger partial charge is 0.407 e. The number of pyridine rings is 1. The number of benzene rings is 1. The summed E-state index contributed by atoms with van der Waals surface area (Å²) in [5.74, 6) is 0.422. The lowest BCUT2D eigenvalue weighted by molar-refractivity contribution is 0.0519. The van der Waals surface area contributed by atoms with E-state index < -0.39 is 12.0 Å². The zero-order valence-electron chi connectivity index (χ0n) is 27.3. The molecule has 248 valence electrons. The van der Waals surface area contributed by atoms with Crippen LogP contribution in [0.4, 0.5) is 16.3 Å². The number of likely N-dealkylation sites (tertiary alicyclic amines) is 1. The van der Waals surface area contributed by atoms with Crippen LogP contribution in [0.5, 0.6) is 0 Å². The van der Waals surface area contributed by atoms with Gasteiger partial charge in [-0.25, -0.2) is 19.3 Å². The third-order valence-electron chi connectivity index (χ3n) is 9.70. The first-order valence-electron chi connectivity index (χ1n) is 16.3. The molecule has 2 amide bonds. The number of hydrogen-bond donors (Lipinski definition) is 3. The van der Waals surface area contributed by atoms with E-state index in [1.54, 1.807) is 35.4 Å². The molecule has 1 aromatic carbocycles. The van der Waals surface area contributed by atoms with Gasteiger partial charge < -0.3 is 21.1 Å². The molecule has 0 saturated carbocycles. The quantitative estimate of drug-likeness (QED) is 0.234. The van der Waals surface area contributed by atoms with Crippen molar-refractivity contribution < 1.29 is 14.7 Å². The van der Waals surface area contributed by atoms with Crippen molar-refractivity contribution in [2.45, 2.75) is 71.4 Å². The molecule has 7 rings (SSSR count). The van der Waals surface area contributed by atoms with Crippen molar-refractivity contribution in [2.24, 2.45) is 5.41 Å². The van der Waals surface area contributed by atoms with Gasteiger partial charge in [-0.05, 0) is 73.4 Å². The topological polar surface area (TPSA) is 166 Å². The number of carbonyl (C=O) groups excluding carboxylic acids is 1. The van der Waals surface area contributed by atoms with Gasteiger partial charge in [-0.15, -0.1) is 0 Å². The second kappa shape index (κ2) is 12.0. The molecule has 2 unspecified atom stereocenters. The fourth-order valence-corrected chi connectivity index (χ4v) is 7.38. The Morgan fingerprint density at radius 2 is 1.83 bits per heavy atom. The van der Waals surface area contributed by atoms with Crippen LogP contribution in [0.15, 0.2) is 65.8 Å². The maximum absolute atomic E-state index is 13.6. The number of amides is 2. The van der Waals surface area contributed by atoms with Crippen molar-refractivity contribution >= 4 is 29.0 Å². The maximum Gasteiger partial charge on any atom is 0.407 e. The van der Waals surface area contributed by atoms with Crippen molar-refractivity contribution in [1.29, 1.82) is 0 Å². The van der Waals surface area contributed by atoms with Crippen molar-refractivity contribution in [2.75, 3.05) is 17.6 Å². The molecule has 13 nitrogen and oxygen atoms in total. The highest BCUT2D eigenvalue weighted by molar-refractivity contribution is 6.05. The van der Waals surface area contributed by atoms with Crippen LogP contribution in [0.3, 0.4) is 0 Å². The van der Waals surface area contributed by atoms with Crippen LogP contribution in [0.2, 0.25) is 0 Å². The van der Waals surface area contributed by atoms with E-state index in [2.05, 4.69) is 47.2 Å². The first kappa shape index (κ1) is 31.2. The number of carbonyl (C=O) groups is 2. The van der Waals surface area contributed by atoms with E-state index in [-0.39, 0.29) is 28.5 Å². The Hall–Kier alpha value is -5.46. The van der Waals surface area contributed by atoms with Gasteiger partial charge in [0.15, 0.2) is 11.6 Å². The Balaban J connectivity index is 1.19. The highest BCUT2D eigenvalue weighted by atomic mass is 16.4. The standard InChI is InChI=1S/C35H39N9O4/c1-35(2,3)27-18-22(14-17-41(27)34(47)48)26-19-24(30-31(36)38-20-39-43(26)30)21-10-12-23(13-11-21)40-32(45)29-25-8-5-7-16-42(25)44(33(29)46)28-9-4-6-15-37-28/h4,6,9-13,15,19-20,22,27H,5,7-8,14,16-18H2,1-3H3,(H,40,45)(H,47,48)(H2,36,38,39). The van der Waals surface area contributed by atoms with Crippen LogP contribution >= 0.6 is 0 Å². The molecular weight excluding hydrogens is 610 g/mol. The number of fused-ring (bicyclic) bond motifs is 2. The third kappa shape index (κ3) is 5.38. The van der Waals surface area contributed by atoms with Crippen LogP contribution < -0.4 is 16.6 Å². The molecule has 0 spiro atoms. The Morgan fingerprint density at radius 1 is 1.04 bits per heavy atom. The second-order valence-electron chi connectivity index (χ2n) is 13.7. The number of piperidine rings is 1. The number of carboxylic acid groups (broad SMARTS) is 1. The fourth-order valence-electron chi connectivity index (χ4n) is 7.38. The second-order valence-corrected chi connectivity index (χ2v) is 13.7. The van der Waals surface area contributed by atoms with Gasteiger partial charge in [0.05, 0.1) is 5.69 Å². The van der Waals surface area contributed by atoms with Gasteiger partial charge in [0.1, 0.15) is 17.4 Å². The van der Waals surface area contributed by atoms with Crippen molar-refractivity contribution in [3.05, 3.63) is 88.4 Å². The largest absolute Gasteiger partial charge is 0.465 e. The number of nitrogens with two attached hydrogens (primary N) is 1. The summed E-state index contributed by atoms with van der Waals surface area (Å²) >= 11 is 0. The van der Waals surface area contributed by atoms with E-state index in [4.69, 9.17) is 5.73 Å². The van der Waals surface area contributed by atoms with E-state index in [0.717, 1.165) is 35.4 Å². The summed E-state index contributed by atoms with van der Waals surface area (Å²) in [5.41, 5.74) is 10.5. The average molecular weight is 650 g/mol. The maximum atomic E-state index is 13.6. The zero-order valence-corrected chi connectivity index (χ0v) is 27.3. The summed E-state index contributed by atoms with van der Waals surface area (Å²) in [7, 11) is 0. The highest BCUT2D eigenvalue weighted by Gasteiger charge is 2.40. The SMILES string of the molecule is CC(C)(C)C1CC(c2cc(-c3ccc(NC(=O)c4c5n(n(-c6ccccn6)c4=O)CCCC5)cc3)c3c(N)ncnn23)CCN1C(=O)O. The minimum atomic E-state index is -0.899. The molecule has 1 saturated heterocycles. The molecule has 5 aromatic rings. The van der Waals surface area contributed by atoms with E-state index in [1.807, 2.05) is 27.4 Å². The van der Waals surface area contributed by atoms with Crippen LogP contribution in [-0.4, -0.2) is 63.5 Å². The Labute approximate surface area is 277 Å². The summed E-state index contributed by atoms with van der Waals surface area (Å²) < 4.78 is 5.21. The molecule has 4 N–H and O–H groups in total. The lowest BCUT2D eigenvalue weighted by Gasteiger charge is -2.44. The molecule has 2 aliphatic heterocycles. The normalized spacial score (nSPS) is 18.1. The monoisotopic (exact) mass is 649 g/mol. The Morgan fingerprint density at radius 3 is 2.54 bits per heavy atom. The number of anilines is 2. The lowest BCUT2D eigenvalue weighted by atomic mass is 9.76. The minimum absolute atomic E-state index is 0.0578. The van der Waals surface area contributed by atoms with Crippen LogP contribution in [-0.2, 0) is 13.0 Å². The molecule has 4 aromatic heterocycles. The van der Waals surface area contributed by atoms with Gasteiger partial charge in [0, 0.05) is 48.2 Å². The predicted octanol–water partition coefficient (Wildman–Crippen LogP) is 5.19.